The molecule has 0 aliphatic rings. The quantitative estimate of drug-likeness (QED) is 0.282. The number of anilines is 1. The Morgan fingerprint density at radius 3 is 2.46 bits per heavy atom. The first-order valence-electron chi connectivity index (χ1n) is 11.9. The molecule has 2 amide bonds. The van der Waals surface area contributed by atoms with Crippen molar-refractivity contribution in [3.8, 4) is 34.1 Å². The van der Waals surface area contributed by atoms with E-state index in [1.807, 2.05) is 6.92 Å². The van der Waals surface area contributed by atoms with Crippen molar-refractivity contribution in [3.63, 3.8) is 0 Å². The van der Waals surface area contributed by atoms with Gasteiger partial charge >= 0.3 is 6.01 Å². The summed E-state index contributed by atoms with van der Waals surface area (Å²) in [5.74, 6) is -1.78. The molecule has 194 valence electrons. The number of carbonyl (C=O) groups is 2. The molecule has 3 N–H and O–H groups in total. The molecule has 39 heavy (non-hydrogen) atoms. The van der Waals surface area contributed by atoms with Crippen molar-refractivity contribution >= 4 is 23.0 Å². The molecule has 0 unspecified atom stereocenters. The van der Waals surface area contributed by atoms with Gasteiger partial charge in [-0.15, -0.1) is 0 Å². The van der Waals surface area contributed by atoms with Gasteiger partial charge in [0.2, 0.25) is 5.91 Å². The molecule has 5 rings (SSSR count). The van der Waals surface area contributed by atoms with Crippen LogP contribution in [0.2, 0.25) is 0 Å². The van der Waals surface area contributed by atoms with E-state index in [0.717, 1.165) is 0 Å². The lowest BCUT2D eigenvalue weighted by atomic mass is 9.96. The fraction of sp³-hybridized carbons (Fsp3) is 0.0690. The predicted octanol–water partition coefficient (Wildman–Crippen LogP) is 5.23. The van der Waals surface area contributed by atoms with Gasteiger partial charge in [-0.1, -0.05) is 24.8 Å². The van der Waals surface area contributed by atoms with Crippen molar-refractivity contribution in [2.45, 2.75) is 13.8 Å². The molecular formula is C29H23FN6O3. The molecule has 2 aromatic carbocycles. The highest BCUT2D eigenvalue weighted by atomic mass is 19.1. The maximum Gasteiger partial charge on any atom is 0.322 e. The number of nitrogens with one attached hydrogen (secondary N) is 1. The van der Waals surface area contributed by atoms with Gasteiger partial charge in [-0.3, -0.25) is 14.6 Å². The van der Waals surface area contributed by atoms with Gasteiger partial charge in [0.05, 0.1) is 28.7 Å². The summed E-state index contributed by atoms with van der Waals surface area (Å²) < 4.78 is 22.7. The van der Waals surface area contributed by atoms with Gasteiger partial charge in [-0.25, -0.2) is 14.4 Å². The van der Waals surface area contributed by atoms with Crippen LogP contribution in [-0.4, -0.2) is 31.2 Å². The Bertz CT molecular complexity index is 1760. The highest BCUT2D eigenvalue weighted by Gasteiger charge is 2.25. The molecular weight excluding hydrogens is 499 g/mol. The monoisotopic (exact) mass is 522 g/mol. The van der Waals surface area contributed by atoms with Gasteiger partial charge in [-0.05, 0) is 61.4 Å². The molecule has 0 spiro atoms. The smallest absolute Gasteiger partial charge is 0.322 e. The van der Waals surface area contributed by atoms with E-state index < -0.39 is 11.7 Å². The highest BCUT2D eigenvalue weighted by molar-refractivity contribution is 6.10. The van der Waals surface area contributed by atoms with Gasteiger partial charge < -0.3 is 20.2 Å². The number of nitrogens with zero attached hydrogens (tertiary/aromatic N) is 4. The zero-order valence-electron chi connectivity index (χ0n) is 21.1. The van der Waals surface area contributed by atoms with Gasteiger partial charge in [0, 0.05) is 29.3 Å². The average molecular weight is 523 g/mol. The van der Waals surface area contributed by atoms with E-state index in [1.165, 1.54) is 24.4 Å². The molecule has 3 heterocycles. The first-order chi connectivity index (χ1) is 18.7. The zero-order chi connectivity index (χ0) is 27.7. The number of primary amides is 1. The highest BCUT2D eigenvalue weighted by Crippen LogP contribution is 2.41. The lowest BCUT2D eigenvalue weighted by molar-refractivity contribution is -0.111. The minimum atomic E-state index is -0.692. The third-order valence-corrected chi connectivity index (χ3v) is 6.00. The maximum atomic E-state index is 15.4. The molecule has 0 aliphatic carbocycles. The summed E-state index contributed by atoms with van der Waals surface area (Å²) in [5.41, 5.74) is 10.6. The van der Waals surface area contributed by atoms with E-state index in [0.29, 0.717) is 45.0 Å². The number of ether oxygens (including phenoxy) is 1. The van der Waals surface area contributed by atoms with Crippen LogP contribution in [0.4, 0.5) is 10.1 Å². The first kappa shape index (κ1) is 25.3. The number of halogens is 1. The van der Waals surface area contributed by atoms with Gasteiger partial charge in [0.25, 0.3) is 5.91 Å². The topological polar surface area (TPSA) is 124 Å². The number of amides is 2. The zero-order valence-corrected chi connectivity index (χ0v) is 21.1. The summed E-state index contributed by atoms with van der Waals surface area (Å²) in [6.45, 7) is 7.05. The number of aryl methyl sites for hydroxylation is 2. The van der Waals surface area contributed by atoms with Gasteiger partial charge in [-0.2, -0.15) is 0 Å². The fourth-order valence-electron chi connectivity index (χ4n) is 4.28. The minimum Gasteiger partial charge on any atom is -0.421 e. The number of rotatable bonds is 7. The first-order valence-corrected chi connectivity index (χ1v) is 11.9. The number of hydrogen-bond donors (Lipinski definition) is 2. The SMILES string of the molecule is C=CC(=O)Nc1ccc(-c2c(-c3ccc(Oc4nccc(C)n4)c(F)c3)c(C(N)=O)c3cnc(C)cn23)cc1. The Morgan fingerprint density at radius 2 is 1.79 bits per heavy atom. The summed E-state index contributed by atoms with van der Waals surface area (Å²) >= 11 is 0. The van der Waals surface area contributed by atoms with E-state index in [-0.39, 0.29) is 23.2 Å². The number of fused-ring (bicyclic) bond motifs is 1. The van der Waals surface area contributed by atoms with E-state index in [2.05, 4.69) is 26.8 Å². The van der Waals surface area contributed by atoms with Crippen LogP contribution in [0.3, 0.4) is 0 Å². The Kier molecular flexibility index (Phi) is 6.59. The van der Waals surface area contributed by atoms with Crippen LogP contribution in [0.1, 0.15) is 21.7 Å². The molecule has 0 aliphatic heterocycles. The number of nitrogens with two attached hydrogens (primary N) is 1. The van der Waals surface area contributed by atoms with Crippen LogP contribution in [0, 0.1) is 19.7 Å². The van der Waals surface area contributed by atoms with Crippen molar-refractivity contribution < 1.29 is 18.7 Å². The van der Waals surface area contributed by atoms with Crippen molar-refractivity contribution in [1.82, 2.24) is 19.4 Å². The fourth-order valence-corrected chi connectivity index (χ4v) is 4.28. The second-order valence-electron chi connectivity index (χ2n) is 8.75. The number of hydrogen-bond acceptors (Lipinski definition) is 6. The van der Waals surface area contributed by atoms with E-state index >= 15 is 4.39 Å². The Morgan fingerprint density at radius 1 is 1.05 bits per heavy atom. The lowest BCUT2D eigenvalue weighted by Crippen LogP contribution is -2.12. The molecule has 9 nitrogen and oxygen atoms in total. The largest absolute Gasteiger partial charge is 0.421 e. The summed E-state index contributed by atoms with van der Waals surface area (Å²) in [5, 5.41) is 2.70. The lowest BCUT2D eigenvalue weighted by Gasteiger charge is -2.11. The van der Waals surface area contributed by atoms with Crippen molar-refractivity contribution in [2.24, 2.45) is 5.73 Å². The molecule has 0 atom stereocenters. The Hall–Kier alpha value is -5.38. The van der Waals surface area contributed by atoms with Crippen LogP contribution >= 0.6 is 0 Å². The molecule has 0 saturated carbocycles. The average Bonchev–Trinajstić information content (AvgIpc) is 3.25. The molecule has 0 fully saturated rings. The van der Waals surface area contributed by atoms with E-state index in [9.17, 15) is 9.59 Å². The summed E-state index contributed by atoms with van der Waals surface area (Å²) in [7, 11) is 0. The minimum absolute atomic E-state index is 0.0138. The standard InChI is InChI=1S/C29H23FN6O3/c1-4-24(37)35-20-8-5-18(6-9-20)27-25(26(28(31)38)22-14-33-17(3)15-36(22)27)19-7-10-23(21(30)13-19)39-29-32-12-11-16(2)34-29/h4-15H,1H2,2-3H3,(H2,31,38)(H,35,37). The van der Waals surface area contributed by atoms with Gasteiger partial charge in [0.1, 0.15) is 0 Å². The molecule has 0 radical (unpaired) electrons. The molecule has 3 aromatic heterocycles. The second-order valence-corrected chi connectivity index (χ2v) is 8.75. The second kappa shape index (κ2) is 10.2. The van der Waals surface area contributed by atoms with Crippen molar-refractivity contribution in [3.05, 3.63) is 103 Å². The molecule has 0 saturated heterocycles. The van der Waals surface area contributed by atoms with Crippen LogP contribution in [0.15, 0.2) is 79.8 Å². The van der Waals surface area contributed by atoms with Crippen LogP contribution in [0.25, 0.3) is 27.9 Å². The van der Waals surface area contributed by atoms with Crippen LogP contribution in [-0.2, 0) is 4.79 Å². The van der Waals surface area contributed by atoms with Crippen LogP contribution < -0.4 is 15.8 Å². The Labute approximate surface area is 222 Å². The summed E-state index contributed by atoms with van der Waals surface area (Å²) in [6.07, 6.45) is 6.03. The molecule has 5 aromatic rings. The van der Waals surface area contributed by atoms with Crippen LogP contribution in [0.5, 0.6) is 11.8 Å². The summed E-state index contributed by atoms with van der Waals surface area (Å²) in [4.78, 5) is 37.0. The third kappa shape index (κ3) is 4.95. The molecule has 10 heteroatoms. The number of benzene rings is 2. The summed E-state index contributed by atoms with van der Waals surface area (Å²) in [6, 6.07) is 13.1. The normalized spacial score (nSPS) is 10.8. The molecule has 0 bridgehead atoms. The number of carbonyl (C=O) groups excluding carboxylic acids is 2. The third-order valence-electron chi connectivity index (χ3n) is 6.00. The number of aromatic nitrogens is 4. The van der Waals surface area contributed by atoms with E-state index in [4.69, 9.17) is 10.5 Å². The Balaban J connectivity index is 1.68. The van der Waals surface area contributed by atoms with Crippen molar-refractivity contribution in [2.75, 3.05) is 5.32 Å². The van der Waals surface area contributed by atoms with E-state index in [1.54, 1.807) is 60.1 Å². The van der Waals surface area contributed by atoms with Crippen molar-refractivity contribution in [1.29, 1.82) is 0 Å². The predicted molar refractivity (Wildman–Crippen MR) is 145 cm³/mol. The maximum absolute atomic E-state index is 15.4. The van der Waals surface area contributed by atoms with Gasteiger partial charge in [0.15, 0.2) is 11.6 Å².